The number of nitrogens with two attached hydrogens (primary N) is 1. The second-order valence-electron chi connectivity index (χ2n) is 8.76. The highest BCUT2D eigenvalue weighted by atomic mass is 16.5. The van der Waals surface area contributed by atoms with E-state index in [9.17, 15) is 10.1 Å². The molecule has 1 aliphatic heterocycles. The maximum atomic E-state index is 12.8. The van der Waals surface area contributed by atoms with Crippen LogP contribution in [0.3, 0.4) is 0 Å². The molecule has 190 valence electrons. The number of rotatable bonds is 7. The van der Waals surface area contributed by atoms with E-state index in [-0.39, 0.29) is 17.9 Å². The van der Waals surface area contributed by atoms with E-state index in [4.69, 9.17) is 24.7 Å². The Morgan fingerprint density at radius 1 is 1.03 bits per heavy atom. The Hall–Kier alpha value is -4.96. The lowest BCUT2D eigenvalue weighted by molar-refractivity contribution is -0.133. The molecule has 0 fully saturated rings. The number of nitrogens with zero attached hydrogens (tertiary/aromatic N) is 1. The van der Waals surface area contributed by atoms with E-state index in [0.717, 1.165) is 27.5 Å². The Kier molecular flexibility index (Phi) is 6.88. The van der Waals surface area contributed by atoms with Crippen LogP contribution in [0.1, 0.15) is 29.5 Å². The first-order valence-electron chi connectivity index (χ1n) is 12.2. The van der Waals surface area contributed by atoms with Gasteiger partial charge in [0, 0.05) is 11.6 Å². The molecule has 0 bridgehead atoms. The first-order chi connectivity index (χ1) is 18.5. The third-order valence-electron chi connectivity index (χ3n) is 6.46. The number of ether oxygens (including phenoxy) is 4. The summed E-state index contributed by atoms with van der Waals surface area (Å²) in [6.07, 6.45) is 0.120. The number of esters is 1. The third-order valence-corrected chi connectivity index (χ3v) is 6.46. The molecule has 1 atom stereocenters. The summed E-state index contributed by atoms with van der Waals surface area (Å²) in [6, 6.07) is 26.5. The highest BCUT2D eigenvalue weighted by molar-refractivity contribution is 5.89. The molecule has 5 rings (SSSR count). The molecule has 0 aliphatic carbocycles. The normalized spacial score (nSPS) is 14.3. The number of methoxy groups -OCH3 is 1. The first kappa shape index (κ1) is 24.7. The van der Waals surface area contributed by atoms with Crippen LogP contribution in [-0.4, -0.2) is 19.7 Å². The monoisotopic (exact) mass is 506 g/mol. The average Bonchev–Trinajstić information content (AvgIpc) is 2.93. The molecule has 0 aromatic heterocycles. The van der Waals surface area contributed by atoms with E-state index in [1.54, 1.807) is 31.4 Å². The number of carbonyl (C=O) groups is 1. The number of fused-ring (bicyclic) bond motifs is 2. The Morgan fingerprint density at radius 3 is 2.63 bits per heavy atom. The Labute approximate surface area is 220 Å². The van der Waals surface area contributed by atoms with Crippen LogP contribution in [-0.2, 0) is 11.2 Å². The molecule has 0 spiro atoms. The van der Waals surface area contributed by atoms with Crippen molar-refractivity contribution in [1.29, 1.82) is 5.26 Å². The lowest BCUT2D eigenvalue weighted by Gasteiger charge is -2.27. The molecule has 7 nitrogen and oxygen atoms in total. The number of benzene rings is 4. The van der Waals surface area contributed by atoms with Gasteiger partial charge in [0.2, 0.25) is 5.88 Å². The molecular formula is C31H26N2O5. The summed E-state index contributed by atoms with van der Waals surface area (Å²) in [5.74, 6) is 0.999. The van der Waals surface area contributed by atoms with E-state index < -0.39 is 11.9 Å². The van der Waals surface area contributed by atoms with E-state index >= 15 is 0 Å². The SMILES string of the molecule is CCOc1ccc(C2C(C#N)=C(N)Oc3cc(OC(=O)Cc4cccc5ccccc45)ccc32)cc1OC. The van der Waals surface area contributed by atoms with Gasteiger partial charge in [-0.15, -0.1) is 0 Å². The third kappa shape index (κ3) is 4.72. The number of carbonyl (C=O) groups excluding carboxylic acids is 1. The van der Waals surface area contributed by atoms with Gasteiger partial charge in [-0.1, -0.05) is 54.6 Å². The second kappa shape index (κ2) is 10.6. The van der Waals surface area contributed by atoms with Gasteiger partial charge in [-0.3, -0.25) is 4.79 Å². The second-order valence-corrected chi connectivity index (χ2v) is 8.76. The van der Waals surface area contributed by atoms with Gasteiger partial charge < -0.3 is 24.7 Å². The van der Waals surface area contributed by atoms with Crippen LogP contribution in [0.4, 0.5) is 0 Å². The van der Waals surface area contributed by atoms with E-state index in [1.165, 1.54) is 0 Å². The summed E-state index contributed by atoms with van der Waals surface area (Å²) in [5.41, 5.74) is 8.83. The molecule has 0 radical (unpaired) electrons. The topological polar surface area (TPSA) is 104 Å². The van der Waals surface area contributed by atoms with Crippen molar-refractivity contribution in [1.82, 2.24) is 0 Å². The van der Waals surface area contributed by atoms with E-state index in [2.05, 4.69) is 6.07 Å². The van der Waals surface area contributed by atoms with Gasteiger partial charge in [-0.2, -0.15) is 5.26 Å². The number of nitriles is 1. The zero-order valence-corrected chi connectivity index (χ0v) is 21.1. The van der Waals surface area contributed by atoms with E-state index in [0.29, 0.717) is 29.6 Å². The minimum Gasteiger partial charge on any atom is -0.493 e. The van der Waals surface area contributed by atoms with Gasteiger partial charge in [0.1, 0.15) is 23.1 Å². The minimum atomic E-state index is -0.492. The smallest absolute Gasteiger partial charge is 0.315 e. The summed E-state index contributed by atoms with van der Waals surface area (Å²) >= 11 is 0. The Bertz CT molecular complexity index is 1600. The summed E-state index contributed by atoms with van der Waals surface area (Å²) in [6.45, 7) is 2.39. The number of hydrogen-bond donors (Lipinski definition) is 1. The lowest BCUT2D eigenvalue weighted by atomic mass is 9.83. The largest absolute Gasteiger partial charge is 0.493 e. The quantitative estimate of drug-likeness (QED) is 0.256. The predicted octanol–water partition coefficient (Wildman–Crippen LogP) is 5.61. The number of hydrogen-bond acceptors (Lipinski definition) is 7. The van der Waals surface area contributed by atoms with Crippen LogP contribution in [0.25, 0.3) is 10.8 Å². The van der Waals surface area contributed by atoms with Gasteiger partial charge in [-0.25, -0.2) is 0 Å². The average molecular weight is 507 g/mol. The van der Waals surface area contributed by atoms with Crippen LogP contribution >= 0.6 is 0 Å². The molecule has 1 aliphatic rings. The highest BCUT2D eigenvalue weighted by Crippen LogP contribution is 2.45. The standard InChI is InChI=1S/C31H26N2O5/c1-3-36-26-14-11-21(15-28(26)35-2)30-24-13-12-22(17-27(24)38-31(33)25(30)18-32)37-29(34)16-20-9-6-8-19-7-4-5-10-23(19)20/h4-15,17,30H,3,16,33H2,1-2H3. The van der Waals surface area contributed by atoms with Gasteiger partial charge in [-0.05, 0) is 47.0 Å². The molecular weight excluding hydrogens is 480 g/mol. The maximum absolute atomic E-state index is 12.8. The molecule has 0 saturated heterocycles. The van der Waals surface area contributed by atoms with Crippen molar-refractivity contribution in [3.63, 3.8) is 0 Å². The summed E-state index contributed by atoms with van der Waals surface area (Å²) in [7, 11) is 1.56. The molecule has 4 aromatic carbocycles. The van der Waals surface area contributed by atoms with E-state index in [1.807, 2.05) is 61.5 Å². The maximum Gasteiger partial charge on any atom is 0.315 e. The van der Waals surface area contributed by atoms with Crippen LogP contribution in [0.15, 0.2) is 90.3 Å². The van der Waals surface area contributed by atoms with Crippen molar-refractivity contribution in [2.24, 2.45) is 5.73 Å². The Morgan fingerprint density at radius 2 is 1.84 bits per heavy atom. The van der Waals surface area contributed by atoms with Crippen molar-refractivity contribution < 1.29 is 23.7 Å². The van der Waals surface area contributed by atoms with Crippen LogP contribution < -0.4 is 24.7 Å². The molecule has 2 N–H and O–H groups in total. The minimum absolute atomic E-state index is 0.00270. The van der Waals surface area contributed by atoms with Gasteiger partial charge in [0.05, 0.1) is 26.1 Å². The van der Waals surface area contributed by atoms with Crippen LogP contribution in [0.2, 0.25) is 0 Å². The van der Waals surface area contributed by atoms with Gasteiger partial charge >= 0.3 is 5.97 Å². The van der Waals surface area contributed by atoms with Crippen molar-refractivity contribution in [2.75, 3.05) is 13.7 Å². The van der Waals surface area contributed by atoms with Crippen molar-refractivity contribution in [3.05, 3.63) is 107 Å². The molecule has 38 heavy (non-hydrogen) atoms. The zero-order valence-electron chi connectivity index (χ0n) is 21.1. The fourth-order valence-corrected chi connectivity index (χ4v) is 4.75. The summed E-state index contributed by atoms with van der Waals surface area (Å²) < 4.78 is 22.6. The molecule has 4 aromatic rings. The van der Waals surface area contributed by atoms with Crippen molar-refractivity contribution >= 4 is 16.7 Å². The highest BCUT2D eigenvalue weighted by Gasteiger charge is 2.31. The molecule has 7 heteroatoms. The summed E-state index contributed by atoms with van der Waals surface area (Å²) in [5, 5.41) is 12.0. The van der Waals surface area contributed by atoms with Gasteiger partial charge in [0.15, 0.2) is 11.5 Å². The summed E-state index contributed by atoms with van der Waals surface area (Å²) in [4.78, 5) is 12.8. The molecule has 1 heterocycles. The fraction of sp³-hybridized carbons (Fsp3) is 0.161. The predicted molar refractivity (Wildman–Crippen MR) is 143 cm³/mol. The first-order valence-corrected chi connectivity index (χ1v) is 12.2. The molecule has 0 amide bonds. The van der Waals surface area contributed by atoms with Crippen molar-refractivity contribution in [3.8, 4) is 29.1 Å². The fourth-order valence-electron chi connectivity index (χ4n) is 4.75. The lowest BCUT2D eigenvalue weighted by Crippen LogP contribution is -2.21. The van der Waals surface area contributed by atoms with Crippen LogP contribution in [0, 0.1) is 11.3 Å². The van der Waals surface area contributed by atoms with Crippen molar-refractivity contribution in [2.45, 2.75) is 19.3 Å². The van der Waals surface area contributed by atoms with Crippen LogP contribution in [0.5, 0.6) is 23.0 Å². The Balaban J connectivity index is 1.43. The van der Waals surface area contributed by atoms with Gasteiger partial charge in [0.25, 0.3) is 0 Å². The molecule has 0 saturated carbocycles. The molecule has 1 unspecified atom stereocenters. The number of allylic oxidation sites excluding steroid dienone is 1. The zero-order chi connectivity index (χ0) is 26.6.